The van der Waals surface area contributed by atoms with Gasteiger partial charge in [-0.15, -0.1) is 12.4 Å². The summed E-state index contributed by atoms with van der Waals surface area (Å²) >= 11 is 3.37. The normalized spacial score (nSPS) is 16.3. The summed E-state index contributed by atoms with van der Waals surface area (Å²) in [6.45, 7) is 4.89. The van der Waals surface area contributed by atoms with E-state index in [-0.39, 0.29) is 24.9 Å². The van der Waals surface area contributed by atoms with Crippen molar-refractivity contribution in [1.29, 1.82) is 0 Å². The molecule has 2 rings (SSSR count). The van der Waals surface area contributed by atoms with Gasteiger partial charge in [0.1, 0.15) is 0 Å². The molecule has 1 saturated heterocycles. The number of benzene rings is 1. The highest BCUT2D eigenvalue weighted by Gasteiger charge is 2.18. The highest BCUT2D eigenvalue weighted by Crippen LogP contribution is 2.14. The molecule has 0 radical (unpaired) electrons. The highest BCUT2D eigenvalue weighted by atomic mass is 79.9. The van der Waals surface area contributed by atoms with Crippen molar-refractivity contribution in [1.82, 2.24) is 9.80 Å². The summed E-state index contributed by atoms with van der Waals surface area (Å²) in [6.07, 6.45) is 0. The highest BCUT2D eigenvalue weighted by molar-refractivity contribution is 9.10. The van der Waals surface area contributed by atoms with Crippen molar-refractivity contribution >= 4 is 39.9 Å². The molecule has 2 N–H and O–H groups in total. The molecular weight excluding hydrogens is 358 g/mol. The Balaban J connectivity index is 0.00000220. The van der Waals surface area contributed by atoms with E-state index in [1.165, 1.54) is 0 Å². The maximum atomic E-state index is 12.0. The van der Waals surface area contributed by atoms with Crippen molar-refractivity contribution in [2.75, 3.05) is 51.2 Å². The van der Waals surface area contributed by atoms with E-state index >= 15 is 0 Å². The van der Waals surface area contributed by atoms with Crippen molar-refractivity contribution in [3.05, 3.63) is 28.7 Å². The van der Waals surface area contributed by atoms with Gasteiger partial charge in [0.2, 0.25) is 5.91 Å². The number of rotatable bonds is 5. The lowest BCUT2D eigenvalue weighted by Gasteiger charge is -2.33. The van der Waals surface area contributed by atoms with E-state index in [0.29, 0.717) is 6.54 Å². The van der Waals surface area contributed by atoms with Crippen LogP contribution in [0, 0.1) is 0 Å². The smallest absolute Gasteiger partial charge is 0.238 e. The Labute approximate surface area is 139 Å². The summed E-state index contributed by atoms with van der Waals surface area (Å²) in [5.74, 6) is 0.0166. The van der Waals surface area contributed by atoms with Gasteiger partial charge in [0.05, 0.1) is 13.2 Å². The topological polar surface area (TPSA) is 55.8 Å². The van der Waals surface area contributed by atoms with Gasteiger partial charge >= 0.3 is 0 Å². The van der Waals surface area contributed by atoms with Crippen LogP contribution in [0.15, 0.2) is 28.7 Å². The molecule has 1 aromatic carbocycles. The van der Waals surface area contributed by atoms with Gasteiger partial charge in [-0.05, 0) is 24.3 Å². The number of aliphatic hydroxyl groups excluding tert-OH is 1. The summed E-state index contributed by atoms with van der Waals surface area (Å²) in [5.41, 5.74) is 0.817. The third-order valence-electron chi connectivity index (χ3n) is 3.38. The second-order valence-corrected chi connectivity index (χ2v) is 5.81. The van der Waals surface area contributed by atoms with Crippen LogP contribution in [0.25, 0.3) is 0 Å². The van der Waals surface area contributed by atoms with Crippen LogP contribution in [0.1, 0.15) is 0 Å². The maximum absolute atomic E-state index is 12.0. The number of piperazine rings is 1. The van der Waals surface area contributed by atoms with E-state index in [1.54, 1.807) is 0 Å². The van der Waals surface area contributed by atoms with E-state index in [9.17, 15) is 4.79 Å². The Hall–Kier alpha value is -0.660. The summed E-state index contributed by atoms with van der Waals surface area (Å²) in [4.78, 5) is 16.3. The molecule has 0 aromatic heterocycles. The SMILES string of the molecule is Cl.O=C(CN1CCN(CCO)CC1)Nc1ccc(Br)cc1. The Morgan fingerprint density at radius 3 is 2.29 bits per heavy atom. The van der Waals surface area contributed by atoms with Crippen molar-refractivity contribution < 1.29 is 9.90 Å². The zero-order valence-corrected chi connectivity index (χ0v) is 14.2. The van der Waals surface area contributed by atoms with Crippen molar-refractivity contribution in [2.45, 2.75) is 0 Å². The van der Waals surface area contributed by atoms with Gasteiger partial charge < -0.3 is 10.4 Å². The van der Waals surface area contributed by atoms with Gasteiger partial charge in [-0.3, -0.25) is 14.6 Å². The number of carbonyl (C=O) groups is 1. The molecule has 1 aliphatic heterocycles. The Kier molecular flexibility index (Phi) is 8.21. The van der Waals surface area contributed by atoms with Gasteiger partial charge in [0.25, 0.3) is 0 Å². The predicted molar refractivity (Wildman–Crippen MR) is 90.0 cm³/mol. The lowest BCUT2D eigenvalue weighted by molar-refractivity contribution is -0.117. The van der Waals surface area contributed by atoms with Gasteiger partial charge in [-0.2, -0.15) is 0 Å². The molecule has 0 bridgehead atoms. The first-order chi connectivity index (χ1) is 9.67. The number of hydrogen-bond donors (Lipinski definition) is 2. The van der Waals surface area contributed by atoms with E-state index in [0.717, 1.165) is 42.9 Å². The van der Waals surface area contributed by atoms with Gasteiger partial charge in [-0.1, -0.05) is 15.9 Å². The molecule has 0 unspecified atom stereocenters. The lowest BCUT2D eigenvalue weighted by Crippen LogP contribution is -2.49. The molecule has 0 atom stereocenters. The second-order valence-electron chi connectivity index (χ2n) is 4.90. The van der Waals surface area contributed by atoms with Crippen molar-refractivity contribution in [3.63, 3.8) is 0 Å². The Morgan fingerprint density at radius 1 is 1.14 bits per heavy atom. The van der Waals surface area contributed by atoms with Crippen molar-refractivity contribution in [2.24, 2.45) is 0 Å². The minimum Gasteiger partial charge on any atom is -0.395 e. The van der Waals surface area contributed by atoms with Crippen LogP contribution in [0.3, 0.4) is 0 Å². The summed E-state index contributed by atoms with van der Waals surface area (Å²) in [5, 5.41) is 11.8. The summed E-state index contributed by atoms with van der Waals surface area (Å²) < 4.78 is 0.996. The van der Waals surface area contributed by atoms with Gasteiger partial charge in [0, 0.05) is 42.9 Å². The third kappa shape index (κ3) is 6.32. The number of amides is 1. The summed E-state index contributed by atoms with van der Waals surface area (Å²) in [6, 6.07) is 7.56. The van der Waals surface area contributed by atoms with E-state index in [1.807, 2.05) is 24.3 Å². The number of carbonyl (C=O) groups excluding carboxylic acids is 1. The largest absolute Gasteiger partial charge is 0.395 e. The van der Waals surface area contributed by atoms with Crippen molar-refractivity contribution in [3.8, 4) is 0 Å². The van der Waals surface area contributed by atoms with Crippen LogP contribution in [0.2, 0.25) is 0 Å². The second kappa shape index (κ2) is 9.38. The molecule has 0 saturated carbocycles. The molecular formula is C14H21BrClN3O2. The molecule has 118 valence electrons. The molecule has 0 aliphatic carbocycles. The number of aliphatic hydroxyl groups is 1. The monoisotopic (exact) mass is 377 g/mol. The third-order valence-corrected chi connectivity index (χ3v) is 3.90. The Morgan fingerprint density at radius 2 is 1.71 bits per heavy atom. The van der Waals surface area contributed by atoms with Crippen LogP contribution in [0.5, 0.6) is 0 Å². The molecule has 0 spiro atoms. The first-order valence-corrected chi connectivity index (χ1v) is 7.57. The Bertz CT molecular complexity index is 436. The fourth-order valence-electron chi connectivity index (χ4n) is 2.25. The van der Waals surface area contributed by atoms with E-state index in [4.69, 9.17) is 5.11 Å². The molecule has 1 aliphatic rings. The number of nitrogens with zero attached hydrogens (tertiary/aromatic N) is 2. The van der Waals surface area contributed by atoms with Crippen LogP contribution in [-0.4, -0.2) is 66.7 Å². The van der Waals surface area contributed by atoms with E-state index < -0.39 is 0 Å². The first-order valence-electron chi connectivity index (χ1n) is 6.78. The zero-order valence-electron chi connectivity index (χ0n) is 11.8. The predicted octanol–water partition coefficient (Wildman–Crippen LogP) is 1.42. The molecule has 7 heteroatoms. The zero-order chi connectivity index (χ0) is 14.4. The molecule has 1 fully saturated rings. The number of halogens is 2. The fraction of sp³-hybridized carbons (Fsp3) is 0.500. The minimum atomic E-state index is 0. The van der Waals surface area contributed by atoms with Crippen LogP contribution in [0.4, 0.5) is 5.69 Å². The van der Waals surface area contributed by atoms with Crippen LogP contribution < -0.4 is 5.32 Å². The summed E-state index contributed by atoms with van der Waals surface area (Å²) in [7, 11) is 0. The number of anilines is 1. The number of nitrogens with one attached hydrogen (secondary N) is 1. The molecule has 1 aromatic rings. The molecule has 1 amide bonds. The molecule has 1 heterocycles. The number of hydrogen-bond acceptors (Lipinski definition) is 4. The average molecular weight is 379 g/mol. The van der Waals surface area contributed by atoms with Gasteiger partial charge in [0.15, 0.2) is 0 Å². The van der Waals surface area contributed by atoms with Crippen LogP contribution >= 0.6 is 28.3 Å². The minimum absolute atomic E-state index is 0. The first kappa shape index (κ1) is 18.4. The quantitative estimate of drug-likeness (QED) is 0.814. The molecule has 5 nitrogen and oxygen atoms in total. The standard InChI is InChI=1S/C14H20BrN3O2.ClH/c15-12-1-3-13(4-2-12)16-14(20)11-18-7-5-17(6-8-18)9-10-19;/h1-4,19H,5-11H2,(H,16,20);1H. The fourth-order valence-corrected chi connectivity index (χ4v) is 2.51. The van der Waals surface area contributed by atoms with Crippen LogP contribution in [-0.2, 0) is 4.79 Å². The maximum Gasteiger partial charge on any atom is 0.238 e. The lowest BCUT2D eigenvalue weighted by atomic mass is 10.3. The van der Waals surface area contributed by atoms with E-state index in [2.05, 4.69) is 31.0 Å². The molecule has 21 heavy (non-hydrogen) atoms. The number of β-amino-alcohol motifs (C(OH)–C–C–N with tert-alkyl or cyclic N) is 1. The van der Waals surface area contributed by atoms with Gasteiger partial charge in [-0.25, -0.2) is 0 Å². The average Bonchev–Trinajstić information content (AvgIpc) is 2.44.